The molecule has 8 bridgehead atoms. The van der Waals surface area contributed by atoms with Crippen LogP contribution in [0.3, 0.4) is 0 Å². The predicted molar refractivity (Wildman–Crippen MR) is 167 cm³/mol. The van der Waals surface area contributed by atoms with Crippen LogP contribution in [0.5, 0.6) is 0 Å². The van der Waals surface area contributed by atoms with E-state index in [-0.39, 0.29) is 35.2 Å². The molecule has 8 nitrogen and oxygen atoms in total. The van der Waals surface area contributed by atoms with Crippen molar-refractivity contribution in [3.8, 4) is 0 Å². The summed E-state index contributed by atoms with van der Waals surface area (Å²) >= 11 is 0. The Hall–Kier alpha value is -4.24. The molecular weight excluding hydrogens is 636 g/mol. The summed E-state index contributed by atoms with van der Waals surface area (Å²) in [6.07, 6.45) is 4.06. The van der Waals surface area contributed by atoms with E-state index < -0.39 is 11.9 Å². The fourth-order valence-corrected chi connectivity index (χ4v) is 5.61. The Morgan fingerprint density at radius 2 is 1.26 bits per heavy atom. The van der Waals surface area contributed by atoms with Crippen LogP contribution >= 0.6 is 0 Å². The molecule has 0 atom stereocenters. The van der Waals surface area contributed by atoms with E-state index in [0.717, 1.165) is 61.3 Å². The van der Waals surface area contributed by atoms with Crippen molar-refractivity contribution >= 4 is 62.4 Å². The Morgan fingerprint density at radius 1 is 0.721 bits per heavy atom. The van der Waals surface area contributed by atoms with Crippen molar-refractivity contribution in [1.82, 2.24) is 19.9 Å². The molecule has 9 heteroatoms. The van der Waals surface area contributed by atoms with Gasteiger partial charge in [-0.2, -0.15) is 0 Å². The molecule has 1 radical (unpaired) electrons. The fourth-order valence-electron chi connectivity index (χ4n) is 5.61. The molecule has 3 aromatic heterocycles. The normalized spacial score (nSPS) is 12.7. The number of carboxylic acid groups (broad SMARTS) is 2. The van der Waals surface area contributed by atoms with Gasteiger partial charge >= 0.3 is 11.9 Å². The quantitative estimate of drug-likeness (QED) is 0.252. The minimum Gasteiger partial charge on any atom is -0.657 e. The Kier molecular flexibility index (Phi) is 9.25. The molecule has 0 unspecified atom stereocenters. The van der Waals surface area contributed by atoms with Gasteiger partial charge in [0.25, 0.3) is 0 Å². The van der Waals surface area contributed by atoms with Crippen LogP contribution in [0.25, 0.3) is 50.4 Å². The molecule has 0 fully saturated rings. The van der Waals surface area contributed by atoms with Crippen LogP contribution < -0.4 is 9.97 Å². The number of rotatable bonds is 8. The summed E-state index contributed by atoms with van der Waals surface area (Å²) in [6, 6.07) is 7.62. The van der Waals surface area contributed by atoms with Crippen LogP contribution in [0, 0.1) is 13.8 Å². The number of aromatic nitrogens is 4. The second kappa shape index (κ2) is 12.6. The second-order valence-electron chi connectivity index (χ2n) is 10.6. The number of allylic oxidation sites excluding steroid dienone is 5. The van der Waals surface area contributed by atoms with Crippen molar-refractivity contribution in [3.05, 3.63) is 88.5 Å². The minimum atomic E-state index is -0.898. The van der Waals surface area contributed by atoms with Crippen molar-refractivity contribution in [2.75, 3.05) is 0 Å². The van der Waals surface area contributed by atoms with Gasteiger partial charge in [-0.25, -0.2) is 9.97 Å². The number of fused-ring (bicyclic) bond motifs is 8. The van der Waals surface area contributed by atoms with E-state index in [9.17, 15) is 19.8 Å². The van der Waals surface area contributed by atoms with Crippen molar-refractivity contribution in [2.45, 2.75) is 53.4 Å². The molecule has 0 aromatic carbocycles. The van der Waals surface area contributed by atoms with Gasteiger partial charge in [0.15, 0.2) is 0 Å². The molecule has 0 aliphatic carbocycles. The number of carboxylic acids is 2. The summed E-state index contributed by atoms with van der Waals surface area (Å²) < 4.78 is 0. The molecule has 43 heavy (non-hydrogen) atoms. The van der Waals surface area contributed by atoms with Gasteiger partial charge in [-0.3, -0.25) is 9.59 Å². The third-order valence-corrected chi connectivity index (χ3v) is 8.06. The summed E-state index contributed by atoms with van der Waals surface area (Å²) in [5, 5.41) is 18.9. The molecule has 3 aromatic rings. The van der Waals surface area contributed by atoms with Gasteiger partial charge in [0.2, 0.25) is 0 Å². The topological polar surface area (TPSA) is 129 Å². The largest absolute Gasteiger partial charge is 0.657 e. The van der Waals surface area contributed by atoms with E-state index >= 15 is 0 Å². The van der Waals surface area contributed by atoms with Crippen LogP contribution in [0.2, 0.25) is 0 Å². The Bertz CT molecular complexity index is 1920. The predicted octanol–water partition coefficient (Wildman–Crippen LogP) is 6.76. The average Bonchev–Trinajstić information content (AvgIpc) is 3.59. The third kappa shape index (κ3) is 5.99. The minimum absolute atomic E-state index is 0. The zero-order valence-electron chi connectivity index (χ0n) is 24.5. The van der Waals surface area contributed by atoms with Crippen molar-refractivity contribution in [2.24, 2.45) is 0 Å². The van der Waals surface area contributed by atoms with E-state index in [1.807, 2.05) is 52.0 Å². The van der Waals surface area contributed by atoms with Gasteiger partial charge in [0.05, 0.1) is 22.8 Å². The first-order chi connectivity index (χ1) is 20.0. The van der Waals surface area contributed by atoms with Crippen LogP contribution in [0.4, 0.5) is 0 Å². The van der Waals surface area contributed by atoms with E-state index in [0.29, 0.717) is 41.0 Å². The van der Waals surface area contributed by atoms with Gasteiger partial charge in [-0.1, -0.05) is 66.3 Å². The standard InChI is InChI=1S/C34H34N4O4.Ag/c1-7-21-17(3)25-13-26-19(5)23(9-11-33(39)40)31(37-26)16-32-24(10-12-34(41)42)20(6)28(38-32)15-30-22(8-2)18(4)27(36-30)14-29(21)35-25;/h7-8,13-16H,1-2,9-12H2,3-6H3,(H4,35,36,37,38,39,40,41,42);/p-2. The monoisotopic (exact) mass is 667 g/mol. The van der Waals surface area contributed by atoms with Crippen LogP contribution in [0.15, 0.2) is 43.5 Å². The third-order valence-electron chi connectivity index (χ3n) is 8.06. The van der Waals surface area contributed by atoms with Crippen LogP contribution in [-0.2, 0) is 38.4 Å². The summed E-state index contributed by atoms with van der Waals surface area (Å²) in [6.45, 7) is 15.9. The van der Waals surface area contributed by atoms with E-state index in [4.69, 9.17) is 19.9 Å². The van der Waals surface area contributed by atoms with Crippen molar-refractivity contribution in [1.29, 1.82) is 0 Å². The molecule has 2 N–H and O–H groups in total. The van der Waals surface area contributed by atoms with Gasteiger partial charge in [0.1, 0.15) is 0 Å². The molecule has 225 valence electrons. The summed E-state index contributed by atoms with van der Waals surface area (Å²) in [7, 11) is 0. The molecule has 5 rings (SSSR count). The number of hydrogen-bond donors (Lipinski definition) is 2. The van der Waals surface area contributed by atoms with Crippen molar-refractivity contribution in [3.63, 3.8) is 0 Å². The number of aliphatic carboxylic acids is 2. The van der Waals surface area contributed by atoms with E-state index in [2.05, 4.69) is 13.2 Å². The maximum Gasteiger partial charge on any atom is 0.303 e. The van der Waals surface area contributed by atoms with Gasteiger partial charge in [0, 0.05) is 40.8 Å². The summed E-state index contributed by atoms with van der Waals surface area (Å²) in [5.74, 6) is -1.80. The van der Waals surface area contributed by atoms with Gasteiger partial charge < -0.3 is 20.2 Å². The zero-order valence-corrected chi connectivity index (χ0v) is 26.0. The smallest absolute Gasteiger partial charge is 0.303 e. The first kappa shape index (κ1) is 31.7. The van der Waals surface area contributed by atoms with E-state index in [1.165, 1.54) is 0 Å². The molecule has 0 spiro atoms. The fraction of sp³-hybridized carbons (Fsp3) is 0.235. The number of carbonyl (C=O) groups is 2. The van der Waals surface area contributed by atoms with Gasteiger partial charge in [-0.15, -0.1) is 22.1 Å². The second-order valence-corrected chi connectivity index (χ2v) is 10.6. The molecule has 2 aliphatic rings. The Morgan fingerprint density at radius 3 is 1.91 bits per heavy atom. The van der Waals surface area contributed by atoms with Crippen molar-refractivity contribution < 1.29 is 42.2 Å². The molecule has 0 saturated carbocycles. The molecule has 0 saturated heterocycles. The van der Waals surface area contributed by atoms with Crippen LogP contribution in [0.1, 0.15) is 78.1 Å². The average molecular weight is 669 g/mol. The first-order valence-corrected chi connectivity index (χ1v) is 13.8. The van der Waals surface area contributed by atoms with E-state index in [1.54, 1.807) is 12.2 Å². The Labute approximate surface area is 265 Å². The SMILES string of the molecule is C=CC1=C(C)c2cc3[n-]c(cc4nc(cc5[n-]c(cc1n2)c(C)c5CCC(=O)O)C(CCC(=O)O)=C4C)c(C)c3C=C.[Ag]. The summed E-state index contributed by atoms with van der Waals surface area (Å²) in [4.78, 5) is 42.7. The molecule has 0 amide bonds. The number of nitrogens with zero attached hydrogens (tertiary/aromatic N) is 4. The maximum atomic E-state index is 11.5. The number of aryl methyl sites for hydroxylation is 3. The van der Waals surface area contributed by atoms with Gasteiger partial charge in [-0.05, 0) is 62.8 Å². The zero-order chi connectivity index (χ0) is 30.3. The molecule has 2 aliphatic heterocycles. The first-order valence-electron chi connectivity index (χ1n) is 13.8. The molecular formula is C34H32AgN4O4-2. The number of hydrogen-bond acceptors (Lipinski definition) is 4. The Balaban J connectivity index is 0.00000423. The summed E-state index contributed by atoms with van der Waals surface area (Å²) in [5.41, 5.74) is 12.6. The maximum absolute atomic E-state index is 11.5. The molecule has 5 heterocycles. The van der Waals surface area contributed by atoms with Crippen LogP contribution in [-0.4, -0.2) is 32.1 Å².